The third kappa shape index (κ3) is 3.65. The molecule has 0 aromatic heterocycles. The zero-order valence-corrected chi connectivity index (χ0v) is 11.1. The van der Waals surface area contributed by atoms with Crippen molar-refractivity contribution in [1.82, 2.24) is 0 Å². The largest absolute Gasteiger partial charge is 0.454 e. The maximum atomic E-state index is 11.9. The average molecular weight is 250 g/mol. The molecule has 0 aromatic rings. The number of carbonyl (C=O) groups is 3. The van der Waals surface area contributed by atoms with Gasteiger partial charge in [-0.25, -0.2) is 4.79 Å². The van der Waals surface area contributed by atoms with Gasteiger partial charge in [-0.3, -0.25) is 9.59 Å². The van der Waals surface area contributed by atoms with Gasteiger partial charge in [0.15, 0.2) is 0 Å². The summed E-state index contributed by atoms with van der Waals surface area (Å²) in [4.78, 5) is 35.1. The predicted molar refractivity (Wildman–Crippen MR) is 66.9 cm³/mol. The molecule has 0 N–H and O–H groups in total. The Morgan fingerprint density at radius 1 is 1.28 bits per heavy atom. The van der Waals surface area contributed by atoms with Crippen molar-refractivity contribution in [3.8, 4) is 0 Å². The van der Waals surface area contributed by atoms with E-state index in [2.05, 4.69) is 0 Å². The van der Waals surface area contributed by atoms with Crippen molar-refractivity contribution in [3.05, 3.63) is 23.8 Å². The molecule has 0 amide bonds. The molecule has 4 nitrogen and oxygen atoms in total. The Balaban J connectivity index is 2.76. The summed E-state index contributed by atoms with van der Waals surface area (Å²) in [5.41, 5.74) is -0.409. The van der Waals surface area contributed by atoms with Crippen LogP contribution in [0.4, 0.5) is 0 Å². The third-order valence-corrected chi connectivity index (χ3v) is 2.44. The number of allylic oxidation sites excluding steroid dienone is 4. The van der Waals surface area contributed by atoms with E-state index in [1.54, 1.807) is 26.8 Å². The maximum absolute atomic E-state index is 11.9. The summed E-state index contributed by atoms with van der Waals surface area (Å²) in [6.45, 7) is 6.75. The smallest absolute Gasteiger partial charge is 0.383 e. The van der Waals surface area contributed by atoms with Crippen molar-refractivity contribution < 1.29 is 19.1 Å². The molecule has 18 heavy (non-hydrogen) atoms. The van der Waals surface area contributed by atoms with Crippen molar-refractivity contribution in [2.45, 2.75) is 39.7 Å². The van der Waals surface area contributed by atoms with E-state index in [-0.39, 0.29) is 5.92 Å². The van der Waals surface area contributed by atoms with Crippen LogP contribution in [0.3, 0.4) is 0 Å². The first-order valence-electron chi connectivity index (χ1n) is 5.91. The van der Waals surface area contributed by atoms with Gasteiger partial charge < -0.3 is 4.74 Å². The molecule has 1 aliphatic rings. The SMILES string of the molecule is CC1C=CCC=C1C(=O)C(=O)C(=O)OC(C)(C)C. The number of hydrogen-bond donors (Lipinski definition) is 0. The van der Waals surface area contributed by atoms with Gasteiger partial charge in [-0.05, 0) is 27.2 Å². The fourth-order valence-electron chi connectivity index (χ4n) is 1.61. The van der Waals surface area contributed by atoms with Crippen LogP contribution in [0.5, 0.6) is 0 Å². The quantitative estimate of drug-likeness (QED) is 0.332. The normalized spacial score (nSPS) is 19.1. The molecule has 0 saturated heterocycles. The first kappa shape index (κ1) is 14.4. The first-order chi connectivity index (χ1) is 8.22. The van der Waals surface area contributed by atoms with Crippen LogP contribution in [0.15, 0.2) is 23.8 Å². The summed E-state index contributed by atoms with van der Waals surface area (Å²) in [7, 11) is 0. The second-order valence-electron chi connectivity index (χ2n) is 5.27. The molecule has 1 unspecified atom stereocenters. The van der Waals surface area contributed by atoms with E-state index in [0.29, 0.717) is 12.0 Å². The molecule has 1 rings (SSSR count). The van der Waals surface area contributed by atoms with Gasteiger partial charge in [-0.1, -0.05) is 25.2 Å². The minimum absolute atomic E-state index is 0.141. The average Bonchev–Trinajstić information content (AvgIpc) is 2.25. The van der Waals surface area contributed by atoms with Crippen molar-refractivity contribution in [2.24, 2.45) is 5.92 Å². The minimum Gasteiger partial charge on any atom is -0.454 e. The third-order valence-electron chi connectivity index (χ3n) is 2.44. The molecule has 0 fully saturated rings. The van der Waals surface area contributed by atoms with Crippen molar-refractivity contribution in [2.75, 3.05) is 0 Å². The van der Waals surface area contributed by atoms with Gasteiger partial charge in [0.1, 0.15) is 5.60 Å². The van der Waals surface area contributed by atoms with Gasteiger partial charge in [0.2, 0.25) is 5.78 Å². The molecule has 0 aromatic carbocycles. The zero-order chi connectivity index (χ0) is 13.9. The lowest BCUT2D eigenvalue weighted by Crippen LogP contribution is -2.34. The zero-order valence-electron chi connectivity index (χ0n) is 11.1. The summed E-state index contributed by atoms with van der Waals surface area (Å²) in [5.74, 6) is -3.09. The lowest BCUT2D eigenvalue weighted by molar-refractivity contribution is -0.163. The first-order valence-corrected chi connectivity index (χ1v) is 5.91. The van der Waals surface area contributed by atoms with Gasteiger partial charge >= 0.3 is 11.8 Å². The minimum atomic E-state index is -1.10. The van der Waals surface area contributed by atoms with Crippen LogP contribution in [0.25, 0.3) is 0 Å². The number of carbonyl (C=O) groups excluding carboxylic acids is 3. The van der Waals surface area contributed by atoms with Crippen molar-refractivity contribution in [1.29, 1.82) is 0 Å². The Hall–Kier alpha value is -1.71. The van der Waals surface area contributed by atoms with Crippen LogP contribution in [0.2, 0.25) is 0 Å². The molecule has 0 radical (unpaired) electrons. The molecule has 0 bridgehead atoms. The molecule has 0 saturated carbocycles. The van der Waals surface area contributed by atoms with Crippen LogP contribution in [-0.4, -0.2) is 23.1 Å². The standard InChI is InChI=1S/C14H18O4/c1-9-7-5-6-8-10(9)11(15)12(16)13(17)18-14(2,3)4/h5,7-9H,6H2,1-4H3. The lowest BCUT2D eigenvalue weighted by atomic mass is 9.90. The van der Waals surface area contributed by atoms with Crippen LogP contribution < -0.4 is 0 Å². The summed E-state index contributed by atoms with van der Waals surface area (Å²) >= 11 is 0. The molecule has 0 spiro atoms. The maximum Gasteiger partial charge on any atom is 0.383 e. The second kappa shape index (κ2) is 5.29. The lowest BCUT2D eigenvalue weighted by Gasteiger charge is -2.19. The monoisotopic (exact) mass is 250 g/mol. The van der Waals surface area contributed by atoms with Crippen molar-refractivity contribution >= 4 is 17.5 Å². The topological polar surface area (TPSA) is 60.4 Å². The summed E-state index contributed by atoms with van der Waals surface area (Å²) in [6, 6.07) is 0. The van der Waals surface area contributed by atoms with E-state index >= 15 is 0 Å². The van der Waals surface area contributed by atoms with E-state index in [1.165, 1.54) is 0 Å². The highest BCUT2D eigenvalue weighted by atomic mass is 16.6. The second-order valence-corrected chi connectivity index (χ2v) is 5.27. The van der Waals surface area contributed by atoms with Gasteiger partial charge in [0, 0.05) is 11.5 Å². The van der Waals surface area contributed by atoms with Crippen LogP contribution >= 0.6 is 0 Å². The molecule has 0 heterocycles. The summed E-state index contributed by atoms with van der Waals surface area (Å²) in [5, 5.41) is 0. The molecular weight excluding hydrogens is 232 g/mol. The van der Waals surface area contributed by atoms with E-state index in [1.807, 2.05) is 19.1 Å². The Bertz CT molecular complexity index is 435. The highest BCUT2D eigenvalue weighted by Crippen LogP contribution is 2.20. The number of esters is 1. The van der Waals surface area contributed by atoms with E-state index in [0.717, 1.165) is 0 Å². The van der Waals surface area contributed by atoms with Gasteiger partial charge in [-0.15, -0.1) is 0 Å². The van der Waals surface area contributed by atoms with Crippen LogP contribution in [0.1, 0.15) is 34.1 Å². The van der Waals surface area contributed by atoms with Gasteiger partial charge in [0.05, 0.1) is 0 Å². The van der Waals surface area contributed by atoms with E-state index in [4.69, 9.17) is 4.74 Å². The Morgan fingerprint density at radius 3 is 2.39 bits per heavy atom. The number of Topliss-reactive ketones (excluding diaryl/α,β-unsaturated/α-hetero) is 2. The number of hydrogen-bond acceptors (Lipinski definition) is 4. The van der Waals surface area contributed by atoms with Crippen LogP contribution in [0, 0.1) is 5.92 Å². The fraction of sp³-hybridized carbons (Fsp3) is 0.500. The highest BCUT2D eigenvalue weighted by molar-refractivity contribution is 6.65. The molecule has 98 valence electrons. The highest BCUT2D eigenvalue weighted by Gasteiger charge is 2.32. The Labute approximate surface area is 107 Å². The fourth-order valence-corrected chi connectivity index (χ4v) is 1.61. The molecule has 0 aliphatic heterocycles. The number of ketones is 2. The predicted octanol–water partition coefficient (Wildman–Crippen LogP) is 1.99. The molecule has 1 aliphatic carbocycles. The van der Waals surface area contributed by atoms with E-state index < -0.39 is 23.1 Å². The summed E-state index contributed by atoms with van der Waals surface area (Å²) in [6.07, 6.45) is 6.04. The molecule has 1 atom stereocenters. The van der Waals surface area contributed by atoms with Gasteiger partial charge in [-0.2, -0.15) is 0 Å². The Kier molecular flexibility index (Phi) is 4.22. The van der Waals surface area contributed by atoms with Gasteiger partial charge in [0.25, 0.3) is 0 Å². The van der Waals surface area contributed by atoms with Crippen molar-refractivity contribution in [3.63, 3.8) is 0 Å². The van der Waals surface area contributed by atoms with E-state index in [9.17, 15) is 14.4 Å². The number of rotatable bonds is 3. The molecule has 4 heteroatoms. The summed E-state index contributed by atoms with van der Waals surface area (Å²) < 4.78 is 4.89. The molecular formula is C14H18O4. The Morgan fingerprint density at radius 2 is 1.89 bits per heavy atom. The van der Waals surface area contributed by atoms with Crippen LogP contribution in [-0.2, 0) is 19.1 Å². The number of ether oxygens (including phenoxy) is 1.